The van der Waals surface area contributed by atoms with Gasteiger partial charge in [-0.25, -0.2) is 15.0 Å². The lowest BCUT2D eigenvalue weighted by molar-refractivity contribution is 0.945. The van der Waals surface area contributed by atoms with Gasteiger partial charge in [0, 0.05) is 24.2 Å². The Balaban J connectivity index is 2.54. The van der Waals surface area contributed by atoms with Crippen LogP contribution in [-0.4, -0.2) is 24.5 Å². The van der Waals surface area contributed by atoms with Crippen LogP contribution < -0.4 is 5.73 Å². The largest absolute Gasteiger partial charge is 0.387 e. The predicted molar refractivity (Wildman–Crippen MR) is 59.8 cm³/mol. The van der Waals surface area contributed by atoms with Gasteiger partial charge in [-0.2, -0.15) is 0 Å². The van der Waals surface area contributed by atoms with Crippen molar-refractivity contribution in [1.29, 1.82) is 0 Å². The fourth-order valence-electron chi connectivity index (χ4n) is 1.24. The highest BCUT2D eigenvalue weighted by molar-refractivity contribution is 7.80. The van der Waals surface area contributed by atoms with Crippen molar-refractivity contribution in [2.24, 2.45) is 5.73 Å². The average molecular weight is 219 g/mol. The van der Waals surface area contributed by atoms with E-state index in [9.17, 15) is 0 Å². The van der Waals surface area contributed by atoms with Crippen LogP contribution in [0.4, 0.5) is 0 Å². The topological polar surface area (TPSA) is 69.6 Å². The molecule has 0 saturated heterocycles. The lowest BCUT2D eigenvalue weighted by atomic mass is 10.4. The van der Waals surface area contributed by atoms with Crippen molar-refractivity contribution in [3.8, 4) is 5.82 Å². The van der Waals surface area contributed by atoms with Crippen LogP contribution in [-0.2, 0) is 0 Å². The van der Waals surface area contributed by atoms with Crippen LogP contribution in [0.1, 0.15) is 11.5 Å². The Morgan fingerprint density at radius 1 is 1.40 bits per heavy atom. The molecule has 0 fully saturated rings. The summed E-state index contributed by atoms with van der Waals surface area (Å²) in [5.41, 5.74) is 6.42. The molecular formula is C9H9N5S. The van der Waals surface area contributed by atoms with Crippen molar-refractivity contribution in [3.05, 3.63) is 36.3 Å². The Labute approximate surface area is 92.0 Å². The molecule has 2 aromatic heterocycles. The molecule has 5 nitrogen and oxygen atoms in total. The Kier molecular flexibility index (Phi) is 2.42. The number of aromatic nitrogens is 4. The van der Waals surface area contributed by atoms with Crippen LogP contribution in [0, 0.1) is 6.92 Å². The number of thiocarbonyl (C=S) groups is 1. The zero-order valence-electron chi connectivity index (χ0n) is 8.08. The average Bonchev–Trinajstić information content (AvgIpc) is 2.65. The number of rotatable bonds is 2. The van der Waals surface area contributed by atoms with E-state index in [0.717, 1.165) is 5.69 Å². The van der Waals surface area contributed by atoms with Gasteiger partial charge < -0.3 is 5.73 Å². The van der Waals surface area contributed by atoms with Crippen LogP contribution in [0.5, 0.6) is 0 Å². The van der Waals surface area contributed by atoms with Gasteiger partial charge >= 0.3 is 0 Å². The minimum absolute atomic E-state index is 0.247. The molecule has 0 aliphatic rings. The van der Waals surface area contributed by atoms with Gasteiger partial charge in [0.05, 0.1) is 0 Å². The highest BCUT2D eigenvalue weighted by atomic mass is 32.1. The Hall–Kier alpha value is -1.82. The van der Waals surface area contributed by atoms with Gasteiger partial charge in [0.25, 0.3) is 0 Å². The monoisotopic (exact) mass is 219 g/mol. The lowest BCUT2D eigenvalue weighted by Crippen LogP contribution is -2.16. The predicted octanol–water partition coefficient (Wildman–Crippen LogP) is 0.605. The minimum Gasteiger partial charge on any atom is -0.387 e. The summed E-state index contributed by atoms with van der Waals surface area (Å²) in [6.07, 6.45) is 4.89. The maximum Gasteiger partial charge on any atom is 0.173 e. The van der Waals surface area contributed by atoms with Crippen LogP contribution in [0.25, 0.3) is 5.82 Å². The minimum atomic E-state index is 0.247. The second-order valence-corrected chi connectivity index (χ2v) is 3.44. The molecule has 0 aliphatic heterocycles. The molecule has 2 rings (SSSR count). The normalized spacial score (nSPS) is 10.2. The molecule has 76 valence electrons. The summed E-state index contributed by atoms with van der Waals surface area (Å²) in [4.78, 5) is 12.4. The molecule has 0 aromatic carbocycles. The van der Waals surface area contributed by atoms with E-state index in [0.29, 0.717) is 11.6 Å². The Bertz CT molecular complexity index is 505. The lowest BCUT2D eigenvalue weighted by Gasteiger charge is -2.05. The third-order valence-corrected chi connectivity index (χ3v) is 2.08. The summed E-state index contributed by atoms with van der Waals surface area (Å²) in [6.45, 7) is 1.89. The maximum atomic E-state index is 5.54. The fourth-order valence-corrected chi connectivity index (χ4v) is 1.39. The molecule has 2 N–H and O–H groups in total. The van der Waals surface area contributed by atoms with Crippen LogP contribution in [0.15, 0.2) is 24.8 Å². The van der Waals surface area contributed by atoms with Gasteiger partial charge in [0.15, 0.2) is 5.82 Å². The van der Waals surface area contributed by atoms with Crippen molar-refractivity contribution < 1.29 is 0 Å². The molecule has 2 heterocycles. The van der Waals surface area contributed by atoms with Crippen molar-refractivity contribution in [1.82, 2.24) is 19.5 Å². The number of nitrogens with zero attached hydrogens (tertiary/aromatic N) is 4. The summed E-state index contributed by atoms with van der Waals surface area (Å²) in [5.74, 6) is 1.24. The van der Waals surface area contributed by atoms with E-state index in [2.05, 4.69) is 15.0 Å². The zero-order valence-corrected chi connectivity index (χ0v) is 8.90. The van der Waals surface area contributed by atoms with E-state index < -0.39 is 0 Å². The molecular weight excluding hydrogens is 210 g/mol. The van der Waals surface area contributed by atoms with E-state index in [4.69, 9.17) is 18.0 Å². The van der Waals surface area contributed by atoms with Crippen molar-refractivity contribution in [2.45, 2.75) is 6.92 Å². The molecule has 0 unspecified atom stereocenters. The highest BCUT2D eigenvalue weighted by Gasteiger charge is 2.08. The summed E-state index contributed by atoms with van der Waals surface area (Å²) in [6, 6.07) is 1.84. The molecule has 0 bridgehead atoms. The standard InChI is InChI=1S/C9H9N5S/c1-6-4-7(13-5-12-6)14-3-2-11-9(14)8(10)15/h2-5H,1H3,(H2,10,15). The summed E-state index contributed by atoms with van der Waals surface area (Å²) in [7, 11) is 0. The molecule has 0 radical (unpaired) electrons. The second kappa shape index (κ2) is 3.74. The Morgan fingerprint density at radius 3 is 2.87 bits per heavy atom. The SMILES string of the molecule is Cc1cc(-n2ccnc2C(N)=S)ncn1. The first kappa shape index (κ1) is 9.72. The molecule has 0 spiro atoms. The number of nitrogens with two attached hydrogens (primary N) is 1. The van der Waals surface area contributed by atoms with Gasteiger partial charge in [0.1, 0.15) is 17.1 Å². The van der Waals surface area contributed by atoms with Crippen molar-refractivity contribution in [3.63, 3.8) is 0 Å². The van der Waals surface area contributed by atoms with E-state index in [-0.39, 0.29) is 4.99 Å². The van der Waals surface area contributed by atoms with Gasteiger partial charge in [-0.05, 0) is 6.92 Å². The maximum absolute atomic E-state index is 5.54. The molecule has 0 aliphatic carbocycles. The van der Waals surface area contributed by atoms with Gasteiger partial charge in [0.2, 0.25) is 0 Å². The summed E-state index contributed by atoms with van der Waals surface area (Å²) in [5, 5.41) is 0. The van der Waals surface area contributed by atoms with Crippen molar-refractivity contribution in [2.75, 3.05) is 0 Å². The van der Waals surface area contributed by atoms with Crippen LogP contribution in [0.2, 0.25) is 0 Å². The summed E-state index contributed by atoms with van der Waals surface area (Å²) >= 11 is 4.89. The van der Waals surface area contributed by atoms with Gasteiger partial charge in [-0.3, -0.25) is 4.57 Å². The number of hydrogen-bond acceptors (Lipinski definition) is 4. The molecule has 0 amide bonds. The Morgan fingerprint density at radius 2 is 2.20 bits per heavy atom. The number of hydrogen-bond donors (Lipinski definition) is 1. The third-order valence-electron chi connectivity index (χ3n) is 1.90. The van der Waals surface area contributed by atoms with E-state index in [1.165, 1.54) is 6.33 Å². The van der Waals surface area contributed by atoms with Crippen molar-refractivity contribution >= 4 is 17.2 Å². The third kappa shape index (κ3) is 1.84. The number of aryl methyl sites for hydroxylation is 1. The van der Waals surface area contributed by atoms with E-state index in [1.54, 1.807) is 17.0 Å². The first-order valence-corrected chi connectivity index (χ1v) is 4.71. The van der Waals surface area contributed by atoms with Gasteiger partial charge in [-0.15, -0.1) is 0 Å². The molecule has 15 heavy (non-hydrogen) atoms. The first-order chi connectivity index (χ1) is 7.18. The quantitative estimate of drug-likeness (QED) is 0.749. The first-order valence-electron chi connectivity index (χ1n) is 4.30. The molecule has 2 aromatic rings. The fraction of sp³-hybridized carbons (Fsp3) is 0.111. The zero-order chi connectivity index (χ0) is 10.8. The second-order valence-electron chi connectivity index (χ2n) is 3.00. The molecule has 6 heteroatoms. The van der Waals surface area contributed by atoms with E-state index in [1.807, 2.05) is 13.0 Å². The smallest absolute Gasteiger partial charge is 0.173 e. The molecule has 0 saturated carbocycles. The van der Waals surface area contributed by atoms with Crippen LogP contribution in [0.3, 0.4) is 0 Å². The number of imidazole rings is 1. The van der Waals surface area contributed by atoms with Crippen LogP contribution >= 0.6 is 12.2 Å². The van der Waals surface area contributed by atoms with E-state index >= 15 is 0 Å². The summed E-state index contributed by atoms with van der Waals surface area (Å²) < 4.78 is 1.73. The van der Waals surface area contributed by atoms with Gasteiger partial charge in [-0.1, -0.05) is 12.2 Å². The highest BCUT2D eigenvalue weighted by Crippen LogP contribution is 2.07. The molecule has 0 atom stereocenters.